The van der Waals surface area contributed by atoms with Crippen molar-refractivity contribution in [2.24, 2.45) is 5.10 Å². The fourth-order valence-corrected chi connectivity index (χ4v) is 4.98. The Labute approximate surface area is 192 Å². The number of nitrogens with zero attached hydrogens (tertiary/aromatic N) is 1. The normalized spacial score (nSPS) is 13.0. The fourth-order valence-electron chi connectivity index (χ4n) is 3.70. The number of carbonyl (C=O) groups excluding carboxylic acids is 3. The molecule has 1 aromatic carbocycles. The van der Waals surface area contributed by atoms with Crippen LogP contribution in [0.15, 0.2) is 40.2 Å². The van der Waals surface area contributed by atoms with Crippen molar-refractivity contribution in [3.63, 3.8) is 0 Å². The number of ether oxygens (including phenoxy) is 1. The molecule has 33 heavy (non-hydrogen) atoms. The highest BCUT2D eigenvalue weighted by Crippen LogP contribution is 2.38. The van der Waals surface area contributed by atoms with E-state index < -0.39 is 17.8 Å². The van der Waals surface area contributed by atoms with E-state index in [1.807, 2.05) is 18.2 Å². The summed E-state index contributed by atoms with van der Waals surface area (Å²) in [6, 6.07) is 8.88. The highest BCUT2D eigenvalue weighted by molar-refractivity contribution is 7.17. The third kappa shape index (κ3) is 4.85. The number of aromatic amines is 1. The zero-order chi connectivity index (χ0) is 23.4. The van der Waals surface area contributed by atoms with Crippen LogP contribution in [0.2, 0.25) is 0 Å². The first-order valence-corrected chi connectivity index (χ1v) is 11.4. The summed E-state index contributed by atoms with van der Waals surface area (Å²) in [5.74, 6) is -2.51. The number of fused-ring (bicyclic) bond motifs is 2. The number of anilines is 1. The molecule has 2 aromatic heterocycles. The van der Waals surface area contributed by atoms with Crippen molar-refractivity contribution in [2.75, 3.05) is 11.9 Å². The van der Waals surface area contributed by atoms with Crippen molar-refractivity contribution in [3.8, 4) is 0 Å². The van der Waals surface area contributed by atoms with Crippen LogP contribution >= 0.6 is 11.3 Å². The van der Waals surface area contributed by atoms with Gasteiger partial charge in [-0.25, -0.2) is 10.2 Å². The van der Waals surface area contributed by atoms with Crippen molar-refractivity contribution in [3.05, 3.63) is 62.3 Å². The van der Waals surface area contributed by atoms with Gasteiger partial charge in [-0.3, -0.25) is 14.4 Å². The number of carbonyl (C=O) groups is 3. The van der Waals surface area contributed by atoms with E-state index >= 15 is 0 Å². The topological polar surface area (TPSA) is 130 Å². The average Bonchev–Trinajstić information content (AvgIpc) is 3.17. The van der Waals surface area contributed by atoms with Crippen LogP contribution in [0.3, 0.4) is 0 Å². The lowest BCUT2D eigenvalue weighted by Crippen LogP contribution is -2.32. The highest BCUT2D eigenvalue weighted by atomic mass is 32.1. The summed E-state index contributed by atoms with van der Waals surface area (Å²) < 4.78 is 5.15. The number of nitrogens with one attached hydrogen (secondary N) is 3. The Morgan fingerprint density at radius 3 is 2.79 bits per heavy atom. The summed E-state index contributed by atoms with van der Waals surface area (Å²) in [4.78, 5) is 53.1. The molecule has 2 amide bonds. The number of H-pyrrole nitrogens is 1. The van der Waals surface area contributed by atoms with E-state index in [-0.39, 0.29) is 17.7 Å². The van der Waals surface area contributed by atoms with Crippen LogP contribution in [-0.2, 0) is 27.2 Å². The molecule has 0 aliphatic heterocycles. The lowest BCUT2D eigenvalue weighted by molar-refractivity contribution is -0.136. The van der Waals surface area contributed by atoms with E-state index in [4.69, 9.17) is 4.74 Å². The van der Waals surface area contributed by atoms with E-state index in [1.165, 1.54) is 17.6 Å². The van der Waals surface area contributed by atoms with Crippen LogP contribution in [0.1, 0.15) is 46.1 Å². The molecule has 0 atom stereocenters. The zero-order valence-corrected chi connectivity index (χ0v) is 18.7. The molecule has 0 saturated heterocycles. The van der Waals surface area contributed by atoms with Gasteiger partial charge in [-0.1, -0.05) is 18.2 Å². The molecule has 0 bridgehead atoms. The highest BCUT2D eigenvalue weighted by Gasteiger charge is 2.28. The van der Waals surface area contributed by atoms with E-state index in [1.54, 1.807) is 19.1 Å². The number of benzene rings is 1. The van der Waals surface area contributed by atoms with Gasteiger partial charge >= 0.3 is 17.8 Å². The van der Waals surface area contributed by atoms with Crippen LogP contribution in [0.4, 0.5) is 5.00 Å². The van der Waals surface area contributed by atoms with Gasteiger partial charge in [-0.2, -0.15) is 5.10 Å². The van der Waals surface area contributed by atoms with Crippen molar-refractivity contribution >= 4 is 51.2 Å². The maximum absolute atomic E-state index is 12.5. The molecule has 0 spiro atoms. The second-order valence-electron chi connectivity index (χ2n) is 7.43. The summed E-state index contributed by atoms with van der Waals surface area (Å²) in [5.41, 5.74) is 3.85. The predicted molar refractivity (Wildman–Crippen MR) is 126 cm³/mol. The summed E-state index contributed by atoms with van der Waals surface area (Å²) in [6.45, 7) is 1.92. The molecular weight excluding hydrogens is 444 g/mol. The molecule has 1 aliphatic carbocycles. The number of pyridine rings is 1. The number of para-hydroxylation sites is 1. The number of rotatable bonds is 5. The molecule has 4 rings (SSSR count). The smallest absolute Gasteiger partial charge is 0.341 e. The minimum atomic E-state index is -1.02. The molecular formula is C23H22N4O5S. The van der Waals surface area contributed by atoms with Crippen LogP contribution in [0.25, 0.3) is 10.9 Å². The number of thiophene rings is 1. The fraction of sp³-hybridized carbons (Fsp3) is 0.261. The van der Waals surface area contributed by atoms with E-state index in [0.29, 0.717) is 16.1 Å². The lowest BCUT2D eigenvalue weighted by Gasteiger charge is -2.12. The summed E-state index contributed by atoms with van der Waals surface area (Å²) in [5, 5.41) is 7.35. The first kappa shape index (κ1) is 22.4. The van der Waals surface area contributed by atoms with Crippen LogP contribution in [0, 0.1) is 0 Å². The number of hydrogen-bond acceptors (Lipinski definition) is 7. The van der Waals surface area contributed by atoms with Gasteiger partial charge in [0.2, 0.25) is 0 Å². The van der Waals surface area contributed by atoms with Gasteiger partial charge in [-0.15, -0.1) is 11.3 Å². The molecule has 1 aliphatic rings. The van der Waals surface area contributed by atoms with Crippen LogP contribution in [-0.4, -0.2) is 35.6 Å². The molecule has 170 valence electrons. The van der Waals surface area contributed by atoms with Gasteiger partial charge in [0.1, 0.15) is 5.00 Å². The van der Waals surface area contributed by atoms with E-state index in [0.717, 1.165) is 41.5 Å². The van der Waals surface area contributed by atoms with E-state index in [9.17, 15) is 19.2 Å². The van der Waals surface area contributed by atoms with Gasteiger partial charge in [-0.05, 0) is 55.7 Å². The van der Waals surface area contributed by atoms with Crippen molar-refractivity contribution in [1.29, 1.82) is 0 Å². The Bertz CT molecular complexity index is 1320. The minimum absolute atomic E-state index is 0.208. The van der Waals surface area contributed by atoms with Gasteiger partial charge in [0, 0.05) is 10.4 Å². The first-order chi connectivity index (χ1) is 16.0. The molecule has 0 radical (unpaired) electrons. The Balaban J connectivity index is 1.47. The van der Waals surface area contributed by atoms with Gasteiger partial charge in [0.25, 0.3) is 5.56 Å². The van der Waals surface area contributed by atoms with Crippen molar-refractivity contribution in [1.82, 2.24) is 10.4 Å². The molecule has 0 fully saturated rings. The molecule has 9 nitrogen and oxygen atoms in total. The molecule has 2 heterocycles. The van der Waals surface area contributed by atoms with Crippen molar-refractivity contribution < 1.29 is 19.1 Å². The predicted octanol–water partition coefficient (Wildman–Crippen LogP) is 2.73. The molecule has 10 heteroatoms. The standard InChI is InChI=1S/C23H22N4O5S/c1-2-32-23(31)18-15-8-4-6-10-17(15)33-22(18)26-20(29)21(30)27-24-12-14-11-13-7-3-5-9-16(13)25-19(14)28/h3,5,7,9,11-12H,2,4,6,8,10H2,1H3,(H,25,28)(H,26,29)(H,27,30)/b24-12-. The molecule has 0 saturated carbocycles. The maximum atomic E-state index is 12.5. The van der Waals surface area contributed by atoms with Crippen LogP contribution in [0.5, 0.6) is 0 Å². The SMILES string of the molecule is CCOC(=O)c1c(NC(=O)C(=O)N/N=C\c2cc3ccccc3[nH]c2=O)sc2c1CCCC2. The number of hydrogen-bond donors (Lipinski definition) is 3. The molecule has 3 aromatic rings. The first-order valence-electron chi connectivity index (χ1n) is 10.6. The second kappa shape index (κ2) is 9.78. The third-order valence-corrected chi connectivity index (χ3v) is 6.44. The summed E-state index contributed by atoms with van der Waals surface area (Å²) in [7, 11) is 0. The second-order valence-corrected chi connectivity index (χ2v) is 8.53. The number of esters is 1. The summed E-state index contributed by atoms with van der Waals surface area (Å²) in [6.07, 6.45) is 4.68. The molecule has 3 N–H and O–H groups in total. The maximum Gasteiger partial charge on any atom is 0.341 e. The Kier molecular flexibility index (Phi) is 6.64. The quantitative estimate of drug-likeness (QED) is 0.230. The third-order valence-electron chi connectivity index (χ3n) is 5.24. The number of aryl methyl sites for hydroxylation is 1. The Hall–Kier alpha value is -3.79. The number of aromatic nitrogens is 1. The largest absolute Gasteiger partial charge is 0.462 e. The number of hydrazone groups is 1. The van der Waals surface area contributed by atoms with Crippen LogP contribution < -0.4 is 16.3 Å². The lowest BCUT2D eigenvalue weighted by atomic mass is 9.95. The van der Waals surface area contributed by atoms with E-state index in [2.05, 4.69) is 20.8 Å². The Morgan fingerprint density at radius 1 is 1.18 bits per heavy atom. The monoisotopic (exact) mass is 466 g/mol. The van der Waals surface area contributed by atoms with Gasteiger partial charge < -0.3 is 15.0 Å². The van der Waals surface area contributed by atoms with Gasteiger partial charge in [0.05, 0.1) is 23.9 Å². The Morgan fingerprint density at radius 2 is 1.97 bits per heavy atom. The number of amides is 2. The molecule has 0 unspecified atom stereocenters. The zero-order valence-electron chi connectivity index (χ0n) is 17.9. The van der Waals surface area contributed by atoms with Gasteiger partial charge in [0.15, 0.2) is 0 Å². The average molecular weight is 467 g/mol. The van der Waals surface area contributed by atoms with Crippen molar-refractivity contribution in [2.45, 2.75) is 32.6 Å². The minimum Gasteiger partial charge on any atom is -0.462 e. The summed E-state index contributed by atoms with van der Waals surface area (Å²) >= 11 is 1.29.